The summed E-state index contributed by atoms with van der Waals surface area (Å²) in [5, 5.41) is 9.60. The van der Waals surface area contributed by atoms with Crippen molar-refractivity contribution in [1.82, 2.24) is 20.4 Å². The number of carbonyl (C=O) groups is 2. The fourth-order valence-electron chi connectivity index (χ4n) is 2.42. The van der Waals surface area contributed by atoms with Gasteiger partial charge in [-0.3, -0.25) is 14.7 Å². The molecule has 22 heavy (non-hydrogen) atoms. The Bertz CT molecular complexity index is 576. The molecule has 0 saturated carbocycles. The molecule has 0 aromatic carbocycles. The lowest BCUT2D eigenvalue weighted by atomic mass is 9.92. The van der Waals surface area contributed by atoms with Crippen molar-refractivity contribution in [3.63, 3.8) is 0 Å². The number of H-pyrrole nitrogens is 1. The minimum atomic E-state index is -1.02. The number of ether oxygens (including phenoxy) is 1. The van der Waals surface area contributed by atoms with Crippen LogP contribution in [0.2, 0.25) is 0 Å². The van der Waals surface area contributed by atoms with E-state index >= 15 is 0 Å². The van der Waals surface area contributed by atoms with E-state index in [1.165, 1.54) is 0 Å². The second-order valence-electron chi connectivity index (χ2n) is 6.80. The maximum atomic E-state index is 12.6. The van der Waals surface area contributed by atoms with E-state index in [1.54, 1.807) is 24.9 Å². The second-order valence-corrected chi connectivity index (χ2v) is 6.80. The number of nitrogens with zero attached hydrogens (tertiary/aromatic N) is 2. The van der Waals surface area contributed by atoms with Crippen LogP contribution in [-0.2, 0) is 14.9 Å². The lowest BCUT2D eigenvalue weighted by Crippen LogP contribution is -2.58. The Hall–Kier alpha value is -1.89. The molecule has 7 nitrogen and oxygen atoms in total. The van der Waals surface area contributed by atoms with E-state index in [4.69, 9.17) is 4.74 Å². The van der Waals surface area contributed by atoms with Gasteiger partial charge in [0.25, 0.3) is 11.8 Å². The number of amides is 2. The van der Waals surface area contributed by atoms with Gasteiger partial charge in [0.05, 0.1) is 13.2 Å². The number of rotatable bonds is 2. The Labute approximate surface area is 130 Å². The highest BCUT2D eigenvalue weighted by Crippen LogP contribution is 2.23. The molecule has 0 radical (unpaired) electrons. The van der Waals surface area contributed by atoms with Crippen LogP contribution in [0.3, 0.4) is 0 Å². The van der Waals surface area contributed by atoms with Gasteiger partial charge in [-0.25, -0.2) is 0 Å². The third-order valence-electron chi connectivity index (χ3n) is 3.87. The largest absolute Gasteiger partial charge is 0.362 e. The Balaban J connectivity index is 2.16. The van der Waals surface area contributed by atoms with E-state index in [0.717, 1.165) is 5.69 Å². The molecule has 1 atom stereocenters. The predicted octanol–water partition coefficient (Wildman–Crippen LogP) is 0.684. The Morgan fingerprint density at radius 1 is 1.45 bits per heavy atom. The maximum Gasteiger partial charge on any atom is 0.274 e. The number of hydrogen-bond acceptors (Lipinski definition) is 4. The number of aromatic nitrogens is 2. The lowest BCUT2D eigenvalue weighted by Gasteiger charge is -2.38. The molecule has 2 heterocycles. The smallest absolute Gasteiger partial charge is 0.274 e. The van der Waals surface area contributed by atoms with Gasteiger partial charge in [-0.1, -0.05) is 20.8 Å². The van der Waals surface area contributed by atoms with Crippen molar-refractivity contribution >= 4 is 11.8 Å². The molecular formula is C15H24N4O3. The number of likely N-dealkylation sites (N-methyl/N-ethyl adjacent to an activating group) is 1. The Morgan fingerprint density at radius 3 is 2.68 bits per heavy atom. The zero-order valence-corrected chi connectivity index (χ0v) is 13.8. The SMILES string of the molecule is CNC(=O)C1(C)CN(C(=O)c2cc(C(C)(C)C)[nH]n2)CCO1. The zero-order chi connectivity index (χ0) is 16.5. The van der Waals surface area contributed by atoms with Crippen LogP contribution < -0.4 is 5.32 Å². The molecule has 1 aliphatic rings. The first-order valence-electron chi connectivity index (χ1n) is 7.39. The van der Waals surface area contributed by atoms with Crippen LogP contribution in [0.15, 0.2) is 6.07 Å². The summed E-state index contributed by atoms with van der Waals surface area (Å²) >= 11 is 0. The van der Waals surface area contributed by atoms with Crippen molar-refractivity contribution in [1.29, 1.82) is 0 Å². The zero-order valence-electron chi connectivity index (χ0n) is 13.8. The molecule has 0 aliphatic carbocycles. The molecule has 0 bridgehead atoms. The van der Waals surface area contributed by atoms with Gasteiger partial charge in [0.1, 0.15) is 5.69 Å². The van der Waals surface area contributed by atoms with E-state index in [1.807, 2.05) is 20.8 Å². The highest BCUT2D eigenvalue weighted by Gasteiger charge is 2.40. The van der Waals surface area contributed by atoms with Crippen molar-refractivity contribution in [2.24, 2.45) is 0 Å². The summed E-state index contributed by atoms with van der Waals surface area (Å²) in [6, 6.07) is 1.77. The van der Waals surface area contributed by atoms with Gasteiger partial charge < -0.3 is 15.0 Å². The van der Waals surface area contributed by atoms with Crippen LogP contribution >= 0.6 is 0 Å². The van der Waals surface area contributed by atoms with Gasteiger partial charge in [0.2, 0.25) is 0 Å². The molecule has 2 amide bonds. The van der Waals surface area contributed by atoms with Gasteiger partial charge in [-0.15, -0.1) is 0 Å². The van der Waals surface area contributed by atoms with Crippen molar-refractivity contribution < 1.29 is 14.3 Å². The van der Waals surface area contributed by atoms with Crippen LogP contribution in [0.1, 0.15) is 43.9 Å². The predicted molar refractivity (Wildman–Crippen MR) is 81.6 cm³/mol. The highest BCUT2D eigenvalue weighted by atomic mass is 16.5. The van der Waals surface area contributed by atoms with Gasteiger partial charge in [-0.2, -0.15) is 5.10 Å². The molecule has 122 valence electrons. The molecule has 1 aliphatic heterocycles. The maximum absolute atomic E-state index is 12.6. The molecule has 1 fully saturated rings. The van der Waals surface area contributed by atoms with Gasteiger partial charge in [0, 0.05) is 24.7 Å². The molecule has 1 saturated heterocycles. The minimum absolute atomic E-state index is 0.104. The normalized spacial score (nSPS) is 22.5. The van der Waals surface area contributed by atoms with Crippen LogP contribution in [-0.4, -0.2) is 59.3 Å². The quantitative estimate of drug-likeness (QED) is 0.841. The Morgan fingerprint density at radius 2 is 2.14 bits per heavy atom. The molecule has 7 heteroatoms. The lowest BCUT2D eigenvalue weighted by molar-refractivity contribution is -0.153. The number of hydrogen-bond donors (Lipinski definition) is 2. The molecule has 2 rings (SSSR count). The first-order valence-corrected chi connectivity index (χ1v) is 7.39. The van der Waals surface area contributed by atoms with Gasteiger partial charge >= 0.3 is 0 Å². The highest BCUT2D eigenvalue weighted by molar-refractivity contribution is 5.93. The first kappa shape index (κ1) is 16.5. The third-order valence-corrected chi connectivity index (χ3v) is 3.87. The second kappa shape index (κ2) is 5.72. The molecule has 0 spiro atoms. The molecule has 1 aromatic heterocycles. The third kappa shape index (κ3) is 3.14. The molecule has 2 N–H and O–H groups in total. The van der Waals surface area contributed by atoms with E-state index < -0.39 is 5.60 Å². The summed E-state index contributed by atoms with van der Waals surface area (Å²) in [5.74, 6) is -0.424. The van der Waals surface area contributed by atoms with E-state index in [9.17, 15) is 9.59 Å². The Kier molecular flexibility index (Phi) is 4.28. The molecule has 1 aromatic rings. The van der Waals surface area contributed by atoms with Crippen molar-refractivity contribution in [2.75, 3.05) is 26.7 Å². The van der Waals surface area contributed by atoms with E-state index in [-0.39, 0.29) is 23.8 Å². The number of morpholine rings is 1. The summed E-state index contributed by atoms with van der Waals surface area (Å²) in [6.07, 6.45) is 0. The average Bonchev–Trinajstić information content (AvgIpc) is 2.95. The standard InChI is InChI=1S/C15H24N4O3/c1-14(2,3)11-8-10(17-18-11)12(20)19-6-7-22-15(4,9-19)13(21)16-5/h8H,6-7,9H2,1-5H3,(H,16,21)(H,17,18). The summed E-state index contributed by atoms with van der Waals surface area (Å²) < 4.78 is 5.56. The number of aromatic amines is 1. The monoisotopic (exact) mass is 308 g/mol. The fourth-order valence-corrected chi connectivity index (χ4v) is 2.42. The summed E-state index contributed by atoms with van der Waals surface area (Å²) in [7, 11) is 1.56. The van der Waals surface area contributed by atoms with E-state index in [2.05, 4.69) is 15.5 Å². The summed E-state index contributed by atoms with van der Waals surface area (Å²) in [4.78, 5) is 26.1. The number of nitrogens with one attached hydrogen (secondary N) is 2. The molecule has 1 unspecified atom stereocenters. The van der Waals surface area contributed by atoms with Gasteiger partial charge in [0.15, 0.2) is 5.60 Å². The summed E-state index contributed by atoms with van der Waals surface area (Å²) in [6.45, 7) is 8.82. The van der Waals surface area contributed by atoms with Gasteiger partial charge in [-0.05, 0) is 13.0 Å². The average molecular weight is 308 g/mol. The minimum Gasteiger partial charge on any atom is -0.362 e. The van der Waals surface area contributed by atoms with Crippen molar-refractivity contribution in [3.05, 3.63) is 17.5 Å². The van der Waals surface area contributed by atoms with Crippen molar-refractivity contribution in [2.45, 2.75) is 38.7 Å². The number of carbonyl (C=O) groups excluding carboxylic acids is 2. The summed E-state index contributed by atoms with van der Waals surface area (Å²) in [5.41, 5.74) is 0.142. The first-order chi connectivity index (χ1) is 10.2. The van der Waals surface area contributed by atoms with Crippen LogP contribution in [0.4, 0.5) is 0 Å². The fraction of sp³-hybridized carbons (Fsp3) is 0.667. The van der Waals surface area contributed by atoms with Crippen LogP contribution in [0, 0.1) is 0 Å². The topological polar surface area (TPSA) is 87.3 Å². The van der Waals surface area contributed by atoms with Crippen LogP contribution in [0.5, 0.6) is 0 Å². The van der Waals surface area contributed by atoms with Crippen molar-refractivity contribution in [3.8, 4) is 0 Å². The molecular weight excluding hydrogens is 284 g/mol. The van der Waals surface area contributed by atoms with E-state index in [0.29, 0.717) is 18.8 Å². The van der Waals surface area contributed by atoms with Crippen LogP contribution in [0.25, 0.3) is 0 Å².